The highest BCUT2D eigenvalue weighted by Crippen LogP contribution is 2.24. The zero-order chi connectivity index (χ0) is 20.0. The Morgan fingerprint density at radius 1 is 1.18 bits per heavy atom. The molecule has 0 aliphatic carbocycles. The molecule has 0 spiro atoms. The van der Waals surface area contributed by atoms with Crippen LogP contribution in [-0.4, -0.2) is 57.0 Å². The zero-order valence-electron chi connectivity index (χ0n) is 15.7. The van der Waals surface area contributed by atoms with Crippen molar-refractivity contribution in [3.63, 3.8) is 0 Å². The number of ether oxygens (including phenoxy) is 2. The molecule has 0 unspecified atom stereocenters. The topological polar surface area (TPSA) is 88.4 Å². The van der Waals surface area contributed by atoms with Crippen LogP contribution in [0.3, 0.4) is 0 Å². The van der Waals surface area contributed by atoms with Gasteiger partial charge >= 0.3 is 0 Å². The van der Waals surface area contributed by atoms with Gasteiger partial charge < -0.3 is 14.6 Å². The molecule has 1 heterocycles. The molecule has 1 fully saturated rings. The van der Waals surface area contributed by atoms with Gasteiger partial charge in [0.2, 0.25) is 10.0 Å². The van der Waals surface area contributed by atoms with Crippen LogP contribution in [0.4, 0.5) is 5.69 Å². The van der Waals surface area contributed by atoms with E-state index in [1.165, 1.54) is 10.5 Å². The van der Waals surface area contributed by atoms with Crippen LogP contribution >= 0.6 is 0 Å². The fraction of sp³-hybridized carbons (Fsp3) is 0.350. The molecule has 0 atom stereocenters. The average Bonchev–Trinajstić information content (AvgIpc) is 2.72. The molecule has 2 aromatic carbocycles. The highest BCUT2D eigenvalue weighted by molar-refractivity contribution is 7.89. The molecule has 7 nitrogen and oxygen atoms in total. The van der Waals surface area contributed by atoms with E-state index in [0.29, 0.717) is 49.9 Å². The molecule has 3 rings (SSSR count). The Balaban J connectivity index is 1.70. The molecule has 1 aliphatic heterocycles. The predicted octanol–water partition coefficient (Wildman–Crippen LogP) is 2.95. The van der Waals surface area contributed by atoms with Crippen molar-refractivity contribution in [3.05, 3.63) is 48.0 Å². The molecule has 1 N–H and O–H groups in total. The molecular formula is C20H24N2O5S. The van der Waals surface area contributed by atoms with Crippen molar-refractivity contribution < 1.29 is 23.0 Å². The van der Waals surface area contributed by atoms with Gasteiger partial charge in [-0.25, -0.2) is 8.42 Å². The van der Waals surface area contributed by atoms with Crippen LogP contribution in [0, 0.1) is 0 Å². The van der Waals surface area contributed by atoms with Crippen LogP contribution in [0.5, 0.6) is 11.5 Å². The molecule has 1 saturated heterocycles. The molecule has 2 aromatic rings. The number of sulfonamides is 1. The maximum absolute atomic E-state index is 12.6. The number of hydrogen-bond acceptors (Lipinski definition) is 6. The van der Waals surface area contributed by atoms with Crippen LogP contribution < -0.4 is 4.74 Å². The van der Waals surface area contributed by atoms with Gasteiger partial charge in [0.1, 0.15) is 11.5 Å². The molecule has 28 heavy (non-hydrogen) atoms. The standard InChI is InChI=1S/C20H24N2O5S/c1-2-11-27-18-6-3-16(20(23)14-18)15-21-17-4-7-19(8-5-17)28(24,25)22-9-12-26-13-10-22/h3-8,14-15,23H,2,9-13H2,1H3. The SMILES string of the molecule is CCCOc1ccc(C=Nc2ccc(S(=O)(=O)N3CCOCC3)cc2)c(O)c1. The second-order valence-electron chi connectivity index (χ2n) is 6.34. The summed E-state index contributed by atoms with van der Waals surface area (Å²) in [6.07, 6.45) is 2.42. The normalized spacial score (nSPS) is 15.8. The molecule has 0 saturated carbocycles. The van der Waals surface area contributed by atoms with Crippen molar-refractivity contribution >= 4 is 21.9 Å². The van der Waals surface area contributed by atoms with Crippen LogP contribution in [0.25, 0.3) is 0 Å². The van der Waals surface area contributed by atoms with Crippen LogP contribution in [0.2, 0.25) is 0 Å². The van der Waals surface area contributed by atoms with Gasteiger partial charge in [-0.05, 0) is 42.8 Å². The Morgan fingerprint density at radius 2 is 1.89 bits per heavy atom. The fourth-order valence-electron chi connectivity index (χ4n) is 2.73. The summed E-state index contributed by atoms with van der Waals surface area (Å²) in [5.74, 6) is 0.679. The largest absolute Gasteiger partial charge is 0.507 e. The van der Waals surface area contributed by atoms with E-state index in [-0.39, 0.29) is 10.6 Å². The lowest BCUT2D eigenvalue weighted by atomic mass is 10.2. The number of rotatable bonds is 7. The number of phenols is 1. The van der Waals surface area contributed by atoms with Crippen LogP contribution in [-0.2, 0) is 14.8 Å². The lowest BCUT2D eigenvalue weighted by molar-refractivity contribution is 0.0730. The summed E-state index contributed by atoms with van der Waals surface area (Å²) in [5.41, 5.74) is 1.14. The first kappa shape index (κ1) is 20.3. The number of aliphatic imine (C=N–C) groups is 1. The van der Waals surface area contributed by atoms with Crippen LogP contribution in [0.1, 0.15) is 18.9 Å². The lowest BCUT2D eigenvalue weighted by Gasteiger charge is -2.26. The van der Waals surface area contributed by atoms with Crippen LogP contribution in [0.15, 0.2) is 52.4 Å². The second-order valence-corrected chi connectivity index (χ2v) is 8.28. The zero-order valence-corrected chi connectivity index (χ0v) is 16.6. The third kappa shape index (κ3) is 4.89. The van der Waals surface area contributed by atoms with Gasteiger partial charge in [0, 0.05) is 30.9 Å². The monoisotopic (exact) mass is 404 g/mol. The van der Waals surface area contributed by atoms with E-state index in [2.05, 4.69) is 4.99 Å². The van der Waals surface area contributed by atoms with Crippen molar-refractivity contribution in [1.82, 2.24) is 4.31 Å². The maximum atomic E-state index is 12.6. The molecule has 150 valence electrons. The van der Waals surface area contributed by atoms with Gasteiger partial charge in [0.05, 0.1) is 30.4 Å². The number of phenolic OH excluding ortho intramolecular Hbond substituents is 1. The first-order valence-electron chi connectivity index (χ1n) is 9.18. The summed E-state index contributed by atoms with van der Waals surface area (Å²) < 4.78 is 37.3. The Morgan fingerprint density at radius 3 is 2.54 bits per heavy atom. The van der Waals surface area contributed by atoms with Gasteiger partial charge in [-0.3, -0.25) is 4.99 Å². The molecule has 0 bridgehead atoms. The summed E-state index contributed by atoms with van der Waals surface area (Å²) >= 11 is 0. The minimum atomic E-state index is -3.52. The molecule has 8 heteroatoms. The molecule has 0 radical (unpaired) electrons. The Hall–Kier alpha value is -2.42. The number of hydrogen-bond donors (Lipinski definition) is 1. The lowest BCUT2D eigenvalue weighted by Crippen LogP contribution is -2.40. The van der Waals surface area contributed by atoms with Crippen molar-refractivity contribution in [2.24, 2.45) is 4.99 Å². The Kier molecular flexibility index (Phi) is 6.66. The average molecular weight is 404 g/mol. The quantitative estimate of drug-likeness (QED) is 0.717. The fourth-order valence-corrected chi connectivity index (χ4v) is 4.13. The van der Waals surface area contributed by atoms with E-state index < -0.39 is 10.0 Å². The van der Waals surface area contributed by atoms with Crippen molar-refractivity contribution in [2.45, 2.75) is 18.2 Å². The molecule has 0 aromatic heterocycles. The summed E-state index contributed by atoms with van der Waals surface area (Å²) in [5, 5.41) is 10.1. The maximum Gasteiger partial charge on any atom is 0.243 e. The predicted molar refractivity (Wildman–Crippen MR) is 107 cm³/mol. The van der Waals surface area contributed by atoms with Crippen molar-refractivity contribution in [2.75, 3.05) is 32.9 Å². The van der Waals surface area contributed by atoms with Crippen molar-refractivity contribution in [3.8, 4) is 11.5 Å². The van der Waals surface area contributed by atoms with E-state index in [4.69, 9.17) is 9.47 Å². The third-order valence-corrected chi connectivity index (χ3v) is 6.18. The highest BCUT2D eigenvalue weighted by atomic mass is 32.2. The Labute approximate surface area is 165 Å². The van der Waals surface area contributed by atoms with Gasteiger partial charge in [0.25, 0.3) is 0 Å². The highest BCUT2D eigenvalue weighted by Gasteiger charge is 2.25. The van der Waals surface area contributed by atoms with E-state index in [1.807, 2.05) is 6.92 Å². The smallest absolute Gasteiger partial charge is 0.243 e. The van der Waals surface area contributed by atoms with Gasteiger partial charge in [-0.1, -0.05) is 6.92 Å². The second kappa shape index (κ2) is 9.18. The number of benzene rings is 2. The Bertz CT molecular complexity index is 920. The summed E-state index contributed by atoms with van der Waals surface area (Å²) in [4.78, 5) is 4.54. The molecule has 0 amide bonds. The number of nitrogens with zero attached hydrogens (tertiary/aromatic N) is 2. The van der Waals surface area contributed by atoms with Gasteiger partial charge in [0.15, 0.2) is 0 Å². The van der Waals surface area contributed by atoms with Crippen molar-refractivity contribution in [1.29, 1.82) is 0 Å². The summed E-state index contributed by atoms with van der Waals surface area (Å²) in [7, 11) is -3.52. The minimum Gasteiger partial charge on any atom is -0.507 e. The van der Waals surface area contributed by atoms with Gasteiger partial charge in [-0.15, -0.1) is 0 Å². The molecule has 1 aliphatic rings. The van der Waals surface area contributed by atoms with E-state index in [1.54, 1.807) is 42.5 Å². The first-order valence-corrected chi connectivity index (χ1v) is 10.6. The van der Waals surface area contributed by atoms with E-state index in [9.17, 15) is 13.5 Å². The third-order valence-electron chi connectivity index (χ3n) is 4.27. The number of morpholine rings is 1. The summed E-state index contributed by atoms with van der Waals surface area (Å²) in [6.45, 7) is 4.14. The first-order chi connectivity index (χ1) is 13.5. The molecular weight excluding hydrogens is 380 g/mol. The van der Waals surface area contributed by atoms with Gasteiger partial charge in [-0.2, -0.15) is 4.31 Å². The minimum absolute atomic E-state index is 0.0730. The summed E-state index contributed by atoms with van der Waals surface area (Å²) in [6, 6.07) is 11.4. The van der Waals surface area contributed by atoms with E-state index in [0.717, 1.165) is 6.42 Å². The number of aromatic hydroxyl groups is 1. The van der Waals surface area contributed by atoms with E-state index >= 15 is 0 Å².